The van der Waals surface area contributed by atoms with E-state index in [2.05, 4.69) is 18.2 Å². The van der Waals surface area contributed by atoms with Crippen molar-refractivity contribution >= 4 is 5.97 Å². The molecule has 25 heavy (non-hydrogen) atoms. The predicted octanol–water partition coefficient (Wildman–Crippen LogP) is 5.41. The molecular formula is C22H34O3. The van der Waals surface area contributed by atoms with Gasteiger partial charge in [-0.05, 0) is 56.8 Å². The van der Waals surface area contributed by atoms with E-state index in [1.807, 2.05) is 12.2 Å². The molecule has 0 saturated heterocycles. The summed E-state index contributed by atoms with van der Waals surface area (Å²) in [5.74, 6) is 0.216. The summed E-state index contributed by atoms with van der Waals surface area (Å²) >= 11 is 0. The highest BCUT2D eigenvalue weighted by atomic mass is 16.4. The molecule has 2 atom stereocenters. The number of unbranched alkanes of at least 4 members (excludes halogenated alkanes) is 1. The molecule has 0 heterocycles. The molecule has 140 valence electrons. The highest BCUT2D eigenvalue weighted by Gasteiger charge is 2.19. The fourth-order valence-electron chi connectivity index (χ4n) is 4.09. The fourth-order valence-corrected chi connectivity index (χ4v) is 4.09. The van der Waals surface area contributed by atoms with Gasteiger partial charge in [-0.2, -0.15) is 0 Å². The topological polar surface area (TPSA) is 57.5 Å². The van der Waals surface area contributed by atoms with Gasteiger partial charge in [0.2, 0.25) is 0 Å². The number of carbonyl (C=O) groups is 1. The third-order valence-electron chi connectivity index (χ3n) is 5.60. The Hall–Kier alpha value is -1.35. The Morgan fingerprint density at radius 3 is 2.60 bits per heavy atom. The van der Waals surface area contributed by atoms with Gasteiger partial charge >= 0.3 is 5.97 Å². The first-order chi connectivity index (χ1) is 12.2. The van der Waals surface area contributed by atoms with E-state index in [1.54, 1.807) is 0 Å². The average Bonchev–Trinajstić information content (AvgIpc) is 2.63. The Bertz CT molecular complexity index is 484. The van der Waals surface area contributed by atoms with Crippen molar-refractivity contribution in [3.63, 3.8) is 0 Å². The van der Waals surface area contributed by atoms with E-state index in [0.29, 0.717) is 11.8 Å². The summed E-state index contributed by atoms with van der Waals surface area (Å²) in [5, 5.41) is 19.0. The number of allylic oxidation sites excluding steroid dienone is 5. The van der Waals surface area contributed by atoms with Crippen molar-refractivity contribution in [2.45, 2.75) is 83.2 Å². The average molecular weight is 347 g/mol. The molecule has 3 heteroatoms. The van der Waals surface area contributed by atoms with E-state index in [1.165, 1.54) is 44.1 Å². The summed E-state index contributed by atoms with van der Waals surface area (Å²) in [6, 6.07) is 0. The van der Waals surface area contributed by atoms with Crippen molar-refractivity contribution in [2.75, 3.05) is 0 Å². The zero-order valence-electron chi connectivity index (χ0n) is 15.4. The van der Waals surface area contributed by atoms with E-state index < -0.39 is 5.97 Å². The summed E-state index contributed by atoms with van der Waals surface area (Å²) in [7, 11) is 0. The molecule has 0 aromatic rings. The van der Waals surface area contributed by atoms with Gasteiger partial charge in [0, 0.05) is 6.42 Å². The van der Waals surface area contributed by atoms with E-state index in [9.17, 15) is 9.90 Å². The van der Waals surface area contributed by atoms with Gasteiger partial charge in [-0.3, -0.25) is 4.79 Å². The lowest BCUT2D eigenvalue weighted by Gasteiger charge is -2.24. The fraction of sp³-hybridized carbons (Fsp3) is 0.682. The van der Waals surface area contributed by atoms with Crippen LogP contribution in [0, 0.1) is 11.8 Å². The summed E-state index contributed by atoms with van der Waals surface area (Å²) < 4.78 is 0. The van der Waals surface area contributed by atoms with Gasteiger partial charge in [-0.25, -0.2) is 0 Å². The van der Waals surface area contributed by atoms with Crippen LogP contribution in [0.25, 0.3) is 0 Å². The van der Waals surface area contributed by atoms with Gasteiger partial charge in [0.1, 0.15) is 0 Å². The monoisotopic (exact) mass is 346 g/mol. The predicted molar refractivity (Wildman–Crippen MR) is 102 cm³/mol. The van der Waals surface area contributed by atoms with Gasteiger partial charge in [0.15, 0.2) is 0 Å². The molecule has 0 amide bonds. The van der Waals surface area contributed by atoms with Crippen LogP contribution in [-0.2, 0) is 4.79 Å². The molecule has 2 fully saturated rings. The van der Waals surface area contributed by atoms with Crippen molar-refractivity contribution in [3.8, 4) is 0 Å². The molecule has 0 radical (unpaired) electrons. The van der Waals surface area contributed by atoms with Crippen LogP contribution >= 0.6 is 0 Å². The number of hydrogen-bond acceptors (Lipinski definition) is 2. The number of aliphatic hydroxyl groups is 1. The van der Waals surface area contributed by atoms with Crippen LogP contribution < -0.4 is 0 Å². The Kier molecular flexibility index (Phi) is 9.03. The third kappa shape index (κ3) is 7.60. The molecule has 3 nitrogen and oxygen atoms in total. The molecule has 0 aromatic carbocycles. The highest BCUT2D eigenvalue weighted by molar-refractivity contribution is 5.66. The molecule has 2 N–H and O–H groups in total. The number of carboxylic acids is 1. The summed E-state index contributed by atoms with van der Waals surface area (Å²) in [6.45, 7) is 0. The standard InChI is InChI=1S/C22H34O3/c23-21(20-14-2-1-3-15-20)16-8-6-12-18-10-4-5-11-19(18)13-7-9-17-22(24)25/h6,8,12-13,16,18,20-21,23H,1-5,7,9-11,14-15,17H2,(H,24,25)/b12-6+,16-8+,19-13+/t18-,21-/m0/s1. The number of aliphatic carboxylic acids is 1. The lowest BCUT2D eigenvalue weighted by atomic mass is 9.83. The summed E-state index contributed by atoms with van der Waals surface area (Å²) in [5.41, 5.74) is 1.47. The van der Waals surface area contributed by atoms with E-state index in [0.717, 1.165) is 32.1 Å². The first kappa shape index (κ1) is 20.0. The van der Waals surface area contributed by atoms with Gasteiger partial charge in [0.05, 0.1) is 6.10 Å². The number of hydrogen-bond donors (Lipinski definition) is 2. The molecule has 2 saturated carbocycles. The maximum atomic E-state index is 10.6. The van der Waals surface area contributed by atoms with Gasteiger partial charge in [-0.1, -0.05) is 61.6 Å². The highest BCUT2D eigenvalue weighted by Crippen LogP contribution is 2.31. The normalized spacial score (nSPS) is 25.8. The summed E-state index contributed by atoms with van der Waals surface area (Å²) in [6.07, 6.45) is 23.1. The second kappa shape index (κ2) is 11.3. The molecule has 0 unspecified atom stereocenters. The first-order valence-corrected chi connectivity index (χ1v) is 10.1. The number of carboxylic acid groups (broad SMARTS) is 1. The maximum Gasteiger partial charge on any atom is 0.303 e. The van der Waals surface area contributed by atoms with E-state index >= 15 is 0 Å². The Morgan fingerprint density at radius 2 is 1.84 bits per heavy atom. The zero-order chi connectivity index (χ0) is 17.9. The van der Waals surface area contributed by atoms with Crippen molar-refractivity contribution in [2.24, 2.45) is 11.8 Å². The summed E-state index contributed by atoms with van der Waals surface area (Å²) in [4.78, 5) is 10.6. The van der Waals surface area contributed by atoms with Gasteiger partial charge in [0.25, 0.3) is 0 Å². The van der Waals surface area contributed by atoms with Gasteiger partial charge in [-0.15, -0.1) is 0 Å². The molecule has 0 spiro atoms. The van der Waals surface area contributed by atoms with Crippen LogP contribution in [0.15, 0.2) is 36.0 Å². The van der Waals surface area contributed by atoms with Crippen LogP contribution in [0.5, 0.6) is 0 Å². The van der Waals surface area contributed by atoms with Crippen LogP contribution in [-0.4, -0.2) is 22.3 Å². The van der Waals surface area contributed by atoms with E-state index in [-0.39, 0.29) is 12.5 Å². The maximum absolute atomic E-state index is 10.6. The number of rotatable bonds is 8. The van der Waals surface area contributed by atoms with Crippen molar-refractivity contribution in [3.05, 3.63) is 36.0 Å². The zero-order valence-corrected chi connectivity index (χ0v) is 15.4. The van der Waals surface area contributed by atoms with E-state index in [4.69, 9.17) is 5.11 Å². The minimum absolute atomic E-state index is 0.256. The van der Waals surface area contributed by atoms with Crippen LogP contribution in [0.1, 0.15) is 77.0 Å². The second-order valence-electron chi connectivity index (χ2n) is 7.58. The van der Waals surface area contributed by atoms with Crippen LogP contribution in [0.3, 0.4) is 0 Å². The Labute approximate surface area is 152 Å². The largest absolute Gasteiger partial charge is 0.481 e. The molecule has 2 aliphatic carbocycles. The molecule has 0 aromatic heterocycles. The SMILES string of the molecule is O=C(O)CCC/C=C1\CCCC[C@H]1/C=C/C=C/[C@H](O)C1CCCCC1. The smallest absolute Gasteiger partial charge is 0.303 e. The Morgan fingerprint density at radius 1 is 1.08 bits per heavy atom. The van der Waals surface area contributed by atoms with Crippen molar-refractivity contribution in [1.82, 2.24) is 0 Å². The molecule has 0 aliphatic heterocycles. The van der Waals surface area contributed by atoms with Crippen molar-refractivity contribution < 1.29 is 15.0 Å². The molecule has 2 aliphatic rings. The first-order valence-electron chi connectivity index (χ1n) is 10.1. The third-order valence-corrected chi connectivity index (χ3v) is 5.60. The lowest BCUT2D eigenvalue weighted by molar-refractivity contribution is -0.137. The lowest BCUT2D eigenvalue weighted by Crippen LogP contribution is -2.20. The molecular weight excluding hydrogens is 312 g/mol. The minimum atomic E-state index is -0.708. The second-order valence-corrected chi connectivity index (χ2v) is 7.58. The van der Waals surface area contributed by atoms with Crippen LogP contribution in [0.2, 0.25) is 0 Å². The van der Waals surface area contributed by atoms with Gasteiger partial charge < -0.3 is 10.2 Å². The molecule has 2 rings (SSSR count). The number of aliphatic hydroxyl groups excluding tert-OH is 1. The Balaban J connectivity index is 1.80. The van der Waals surface area contributed by atoms with Crippen LogP contribution in [0.4, 0.5) is 0 Å². The van der Waals surface area contributed by atoms with Crippen molar-refractivity contribution in [1.29, 1.82) is 0 Å². The quantitative estimate of drug-likeness (QED) is 0.351. The minimum Gasteiger partial charge on any atom is -0.481 e. The molecule has 0 bridgehead atoms.